The second-order valence-electron chi connectivity index (χ2n) is 6.50. The van der Waals surface area contributed by atoms with E-state index in [-0.39, 0.29) is 23.5 Å². The van der Waals surface area contributed by atoms with Gasteiger partial charge in [0.05, 0.1) is 28.9 Å². The maximum absolute atomic E-state index is 13.4. The largest absolute Gasteiger partial charge is 0.419 e. The van der Waals surface area contributed by atoms with Gasteiger partial charge in [0.15, 0.2) is 0 Å². The van der Waals surface area contributed by atoms with Gasteiger partial charge in [-0.15, -0.1) is 0 Å². The Bertz CT molecular complexity index is 1120. The molecule has 31 heavy (non-hydrogen) atoms. The van der Waals surface area contributed by atoms with E-state index in [9.17, 15) is 27.2 Å². The van der Waals surface area contributed by atoms with Crippen molar-refractivity contribution in [1.82, 2.24) is 4.98 Å². The number of halogens is 4. The van der Waals surface area contributed by atoms with Crippen molar-refractivity contribution in [2.45, 2.75) is 12.6 Å². The number of hydrogen-bond acceptors (Lipinski definition) is 4. The summed E-state index contributed by atoms with van der Waals surface area (Å²) in [5.41, 5.74) is 4.33. The number of aromatic nitrogens is 1. The second-order valence-corrected chi connectivity index (χ2v) is 6.50. The third-order valence-corrected chi connectivity index (χ3v) is 4.22. The molecule has 2 amide bonds. The number of nitrogens with one attached hydrogen (secondary N) is 2. The topological polar surface area (TPSA) is 97.1 Å². The Balaban J connectivity index is 1.88. The molecule has 0 saturated carbocycles. The SMILES string of the molecule is NC(=O)c1ccccc1Nc1cc(NC(=O)Cc2ccc(F)cc2)ncc1C(F)(F)F. The van der Waals surface area contributed by atoms with Crippen molar-refractivity contribution in [1.29, 1.82) is 0 Å². The van der Waals surface area contributed by atoms with Crippen molar-refractivity contribution < 1.29 is 27.2 Å². The Kier molecular flexibility index (Phi) is 6.19. The maximum Gasteiger partial charge on any atom is 0.419 e. The van der Waals surface area contributed by atoms with Crippen molar-refractivity contribution in [3.05, 3.63) is 83.3 Å². The summed E-state index contributed by atoms with van der Waals surface area (Å²) in [5, 5.41) is 4.95. The van der Waals surface area contributed by atoms with Gasteiger partial charge in [0, 0.05) is 12.3 Å². The number of rotatable bonds is 6. The highest BCUT2D eigenvalue weighted by molar-refractivity contribution is 5.99. The molecule has 1 heterocycles. The molecule has 3 rings (SSSR count). The van der Waals surface area contributed by atoms with E-state index in [2.05, 4.69) is 15.6 Å². The molecule has 0 radical (unpaired) electrons. The molecule has 2 aromatic carbocycles. The number of alkyl halides is 3. The molecule has 0 unspecified atom stereocenters. The van der Waals surface area contributed by atoms with Gasteiger partial charge in [-0.05, 0) is 29.8 Å². The molecule has 1 aromatic heterocycles. The molecular weight excluding hydrogens is 416 g/mol. The van der Waals surface area contributed by atoms with E-state index in [1.54, 1.807) is 0 Å². The van der Waals surface area contributed by atoms with E-state index < -0.39 is 35.1 Å². The summed E-state index contributed by atoms with van der Waals surface area (Å²) < 4.78 is 53.3. The van der Waals surface area contributed by atoms with Gasteiger partial charge in [-0.2, -0.15) is 13.2 Å². The molecule has 3 aromatic rings. The van der Waals surface area contributed by atoms with E-state index >= 15 is 0 Å². The number of pyridine rings is 1. The summed E-state index contributed by atoms with van der Waals surface area (Å²) in [4.78, 5) is 27.4. The number of amides is 2. The van der Waals surface area contributed by atoms with Gasteiger partial charge in [0.2, 0.25) is 5.91 Å². The molecule has 10 heteroatoms. The number of carbonyl (C=O) groups is 2. The Hall–Kier alpha value is -3.95. The minimum atomic E-state index is -4.74. The number of anilines is 3. The molecule has 0 aliphatic rings. The van der Waals surface area contributed by atoms with Gasteiger partial charge in [-0.25, -0.2) is 9.37 Å². The van der Waals surface area contributed by atoms with Crippen molar-refractivity contribution in [3.8, 4) is 0 Å². The zero-order chi connectivity index (χ0) is 22.6. The zero-order valence-electron chi connectivity index (χ0n) is 15.8. The van der Waals surface area contributed by atoms with Gasteiger partial charge in [-0.1, -0.05) is 24.3 Å². The summed E-state index contributed by atoms with van der Waals surface area (Å²) >= 11 is 0. The summed E-state index contributed by atoms with van der Waals surface area (Å²) in [7, 11) is 0. The highest BCUT2D eigenvalue weighted by atomic mass is 19.4. The fourth-order valence-electron chi connectivity index (χ4n) is 2.78. The first-order valence-electron chi connectivity index (χ1n) is 8.91. The van der Waals surface area contributed by atoms with E-state index in [1.165, 1.54) is 48.5 Å². The highest BCUT2D eigenvalue weighted by Crippen LogP contribution is 2.37. The predicted octanol–water partition coefficient (Wildman–Crippen LogP) is 4.26. The van der Waals surface area contributed by atoms with Crippen molar-refractivity contribution >= 4 is 29.0 Å². The van der Waals surface area contributed by atoms with Crippen molar-refractivity contribution in [2.24, 2.45) is 5.73 Å². The van der Waals surface area contributed by atoms with Crippen molar-refractivity contribution in [3.63, 3.8) is 0 Å². The van der Waals surface area contributed by atoms with Crippen LogP contribution >= 0.6 is 0 Å². The Morgan fingerprint density at radius 3 is 2.32 bits per heavy atom. The van der Waals surface area contributed by atoms with Crippen LogP contribution in [-0.4, -0.2) is 16.8 Å². The van der Waals surface area contributed by atoms with Crippen LogP contribution in [0, 0.1) is 5.82 Å². The van der Waals surface area contributed by atoms with E-state index in [1.807, 2.05) is 0 Å². The Labute approximate surface area is 174 Å². The molecule has 0 atom stereocenters. The van der Waals surface area contributed by atoms with Gasteiger partial charge in [0.1, 0.15) is 11.6 Å². The minimum Gasteiger partial charge on any atom is -0.366 e. The second kappa shape index (κ2) is 8.82. The lowest BCUT2D eigenvalue weighted by Crippen LogP contribution is -2.17. The average Bonchev–Trinajstić information content (AvgIpc) is 2.69. The van der Waals surface area contributed by atoms with Gasteiger partial charge in [0.25, 0.3) is 5.91 Å². The average molecular weight is 432 g/mol. The number of carbonyl (C=O) groups excluding carboxylic acids is 2. The van der Waals surface area contributed by atoms with Crippen LogP contribution in [-0.2, 0) is 17.4 Å². The van der Waals surface area contributed by atoms with Crippen LogP contribution in [0.2, 0.25) is 0 Å². The number of hydrogen-bond donors (Lipinski definition) is 3. The molecule has 0 aliphatic heterocycles. The van der Waals surface area contributed by atoms with E-state index in [0.717, 1.165) is 6.07 Å². The number of nitrogens with zero attached hydrogens (tertiary/aromatic N) is 1. The van der Waals surface area contributed by atoms with Gasteiger partial charge >= 0.3 is 6.18 Å². The Morgan fingerprint density at radius 1 is 1.00 bits per heavy atom. The number of primary amides is 1. The summed E-state index contributed by atoms with van der Waals surface area (Å²) in [6, 6.07) is 12.0. The molecule has 4 N–H and O–H groups in total. The summed E-state index contributed by atoms with van der Waals surface area (Å²) in [6.07, 6.45) is -4.30. The van der Waals surface area contributed by atoms with Crippen LogP contribution < -0.4 is 16.4 Å². The van der Waals surface area contributed by atoms with Crippen LogP contribution in [0.5, 0.6) is 0 Å². The standard InChI is InChI=1S/C21H16F4N4O2/c22-13-7-5-12(6-8-13)9-19(30)29-18-10-17(15(11-27-18)21(23,24)25)28-16-4-2-1-3-14(16)20(26)31/h1-8,10-11H,9H2,(H2,26,31)(H2,27,28,29,30). The third-order valence-electron chi connectivity index (χ3n) is 4.22. The fourth-order valence-corrected chi connectivity index (χ4v) is 2.78. The third kappa shape index (κ3) is 5.56. The lowest BCUT2D eigenvalue weighted by atomic mass is 10.1. The molecule has 0 fully saturated rings. The molecule has 0 bridgehead atoms. The molecule has 0 aliphatic carbocycles. The molecule has 160 valence electrons. The molecule has 0 spiro atoms. The van der Waals surface area contributed by atoms with Crippen molar-refractivity contribution in [2.75, 3.05) is 10.6 Å². The van der Waals surface area contributed by atoms with Crippen LogP contribution in [0.15, 0.2) is 60.8 Å². The molecule has 6 nitrogen and oxygen atoms in total. The quantitative estimate of drug-likeness (QED) is 0.507. The normalized spacial score (nSPS) is 11.1. The minimum absolute atomic E-state index is 0.00525. The predicted molar refractivity (Wildman–Crippen MR) is 106 cm³/mol. The highest BCUT2D eigenvalue weighted by Gasteiger charge is 2.34. The number of benzene rings is 2. The summed E-state index contributed by atoms with van der Waals surface area (Å²) in [6.45, 7) is 0. The van der Waals surface area contributed by atoms with Crippen LogP contribution in [0.4, 0.5) is 34.8 Å². The van der Waals surface area contributed by atoms with Crippen LogP contribution in [0.3, 0.4) is 0 Å². The zero-order valence-corrected chi connectivity index (χ0v) is 15.8. The van der Waals surface area contributed by atoms with Crippen LogP contribution in [0.25, 0.3) is 0 Å². The monoisotopic (exact) mass is 432 g/mol. The molecular formula is C21H16F4N4O2. The Morgan fingerprint density at radius 2 is 1.68 bits per heavy atom. The maximum atomic E-state index is 13.4. The first kappa shape index (κ1) is 21.8. The lowest BCUT2D eigenvalue weighted by Gasteiger charge is -2.17. The fraction of sp³-hybridized carbons (Fsp3) is 0.0952. The lowest BCUT2D eigenvalue weighted by molar-refractivity contribution is -0.137. The van der Waals surface area contributed by atoms with Gasteiger partial charge < -0.3 is 16.4 Å². The summed E-state index contributed by atoms with van der Waals surface area (Å²) in [5.74, 6) is -1.97. The first-order valence-corrected chi connectivity index (χ1v) is 8.91. The number of para-hydroxylation sites is 1. The first-order chi connectivity index (χ1) is 14.6. The smallest absolute Gasteiger partial charge is 0.366 e. The van der Waals surface area contributed by atoms with E-state index in [0.29, 0.717) is 11.8 Å². The number of nitrogens with two attached hydrogens (primary N) is 1. The molecule has 0 saturated heterocycles. The van der Waals surface area contributed by atoms with E-state index in [4.69, 9.17) is 5.73 Å². The van der Waals surface area contributed by atoms with Crippen LogP contribution in [0.1, 0.15) is 21.5 Å². The van der Waals surface area contributed by atoms with Gasteiger partial charge in [-0.3, -0.25) is 9.59 Å².